The summed E-state index contributed by atoms with van der Waals surface area (Å²) in [5, 5.41) is 3.33. The second-order valence-corrected chi connectivity index (χ2v) is 7.44. The number of hydrogen-bond donors (Lipinski definition) is 1. The van der Waals surface area contributed by atoms with Crippen LogP contribution < -0.4 is 15.0 Å². The number of nitrogens with one attached hydrogen (secondary N) is 1. The minimum atomic E-state index is -0.212. The molecular formula is C24H22N2O3S. The second kappa shape index (κ2) is 8.55. The van der Waals surface area contributed by atoms with Crippen molar-refractivity contribution in [3.8, 4) is 5.75 Å². The molecule has 0 bridgehead atoms. The molecule has 152 valence electrons. The van der Waals surface area contributed by atoms with Crippen LogP contribution in [0.4, 0.5) is 5.69 Å². The topological polar surface area (TPSA) is 54.7 Å². The summed E-state index contributed by atoms with van der Waals surface area (Å²) in [5.41, 5.74) is 3.43. The number of amides is 1. The predicted octanol–water partition coefficient (Wildman–Crippen LogP) is 4.99. The van der Waals surface area contributed by atoms with Gasteiger partial charge in [-0.1, -0.05) is 31.2 Å². The summed E-state index contributed by atoms with van der Waals surface area (Å²) in [6.07, 6.45) is 2.65. The van der Waals surface area contributed by atoms with Gasteiger partial charge in [0.15, 0.2) is 5.11 Å². The van der Waals surface area contributed by atoms with Crippen molar-refractivity contribution in [1.82, 2.24) is 5.32 Å². The fourth-order valence-corrected chi connectivity index (χ4v) is 3.50. The number of furan rings is 1. The number of carbonyl (C=O) groups excluding carboxylic acids is 1. The van der Waals surface area contributed by atoms with Gasteiger partial charge in [0.1, 0.15) is 29.6 Å². The van der Waals surface area contributed by atoms with Crippen molar-refractivity contribution in [2.24, 2.45) is 0 Å². The number of carbonyl (C=O) groups is 1. The highest BCUT2D eigenvalue weighted by atomic mass is 32.1. The number of thiocarbonyl (C=S) groups is 1. The highest BCUT2D eigenvalue weighted by molar-refractivity contribution is 7.80. The Labute approximate surface area is 181 Å². The van der Waals surface area contributed by atoms with E-state index in [9.17, 15) is 4.79 Å². The van der Waals surface area contributed by atoms with Gasteiger partial charge in [0.05, 0.1) is 5.69 Å². The maximum atomic E-state index is 12.8. The minimum absolute atomic E-state index is 0.212. The average Bonchev–Trinajstić information content (AvgIpc) is 3.30. The molecule has 1 aromatic heterocycles. The van der Waals surface area contributed by atoms with Crippen molar-refractivity contribution in [3.63, 3.8) is 0 Å². The maximum absolute atomic E-state index is 12.8. The lowest BCUT2D eigenvalue weighted by Crippen LogP contribution is -2.30. The highest BCUT2D eigenvalue weighted by Crippen LogP contribution is 2.24. The van der Waals surface area contributed by atoms with Crippen LogP contribution in [-0.2, 0) is 17.8 Å². The Hall–Kier alpha value is -3.38. The number of nitrogens with zero attached hydrogens (tertiary/aromatic N) is 1. The van der Waals surface area contributed by atoms with Gasteiger partial charge in [-0.25, -0.2) is 0 Å². The zero-order valence-electron chi connectivity index (χ0n) is 16.8. The fraction of sp³-hybridized carbons (Fsp3) is 0.167. The highest BCUT2D eigenvalue weighted by Gasteiger charge is 2.32. The van der Waals surface area contributed by atoms with Crippen LogP contribution in [0.15, 0.2) is 70.8 Å². The molecule has 0 saturated carbocycles. The number of anilines is 1. The van der Waals surface area contributed by atoms with Crippen LogP contribution in [0.5, 0.6) is 5.75 Å². The Balaban J connectivity index is 1.44. The van der Waals surface area contributed by atoms with E-state index in [1.165, 1.54) is 10.5 Å². The first-order valence-electron chi connectivity index (χ1n) is 9.78. The Bertz CT molecular complexity index is 1120. The van der Waals surface area contributed by atoms with Crippen LogP contribution in [0.1, 0.15) is 29.6 Å². The lowest BCUT2D eigenvalue weighted by Gasteiger charge is -2.14. The zero-order valence-corrected chi connectivity index (χ0v) is 17.7. The van der Waals surface area contributed by atoms with Crippen molar-refractivity contribution in [2.75, 3.05) is 4.90 Å². The molecule has 0 spiro atoms. The van der Waals surface area contributed by atoms with E-state index in [4.69, 9.17) is 21.4 Å². The van der Waals surface area contributed by atoms with Gasteiger partial charge in [-0.3, -0.25) is 9.69 Å². The van der Waals surface area contributed by atoms with Gasteiger partial charge in [-0.15, -0.1) is 0 Å². The monoisotopic (exact) mass is 418 g/mol. The standard InChI is InChI=1S/C24H22N2O3S/c1-3-17-7-9-19(10-8-17)28-15-21-12-11-20(29-21)14-22-23(27)26(24(30)25-22)18-6-4-5-16(2)13-18/h4-14H,3,15H2,1-2H3,(H,25,30)/b22-14+. The van der Waals surface area contributed by atoms with Crippen LogP contribution in [0, 0.1) is 6.92 Å². The fourth-order valence-electron chi connectivity index (χ4n) is 3.20. The Morgan fingerprint density at radius 3 is 2.67 bits per heavy atom. The molecular weight excluding hydrogens is 396 g/mol. The van der Waals surface area contributed by atoms with Crippen LogP contribution in [0.3, 0.4) is 0 Å². The van der Waals surface area contributed by atoms with Gasteiger partial charge >= 0.3 is 0 Å². The van der Waals surface area contributed by atoms with Gasteiger partial charge in [0.2, 0.25) is 0 Å². The van der Waals surface area contributed by atoms with Crippen LogP contribution >= 0.6 is 12.2 Å². The third-order valence-electron chi connectivity index (χ3n) is 4.82. The van der Waals surface area contributed by atoms with Gasteiger partial charge in [-0.05, 0) is 73.1 Å². The lowest BCUT2D eigenvalue weighted by atomic mass is 10.2. The molecule has 1 amide bonds. The summed E-state index contributed by atoms with van der Waals surface area (Å²) in [6, 6.07) is 19.3. The molecule has 4 rings (SSSR count). The molecule has 3 aromatic rings. The zero-order chi connectivity index (χ0) is 21.1. The molecule has 1 aliphatic rings. The first-order chi connectivity index (χ1) is 14.5. The van der Waals surface area contributed by atoms with Crippen molar-refractivity contribution >= 4 is 35.0 Å². The van der Waals surface area contributed by atoms with Crippen molar-refractivity contribution in [2.45, 2.75) is 26.9 Å². The molecule has 1 N–H and O–H groups in total. The van der Waals surface area contributed by atoms with Gasteiger partial charge in [-0.2, -0.15) is 0 Å². The molecule has 1 aliphatic heterocycles. The van der Waals surface area contributed by atoms with Gasteiger partial charge < -0.3 is 14.5 Å². The first kappa shape index (κ1) is 19.9. The minimum Gasteiger partial charge on any atom is -0.486 e. The van der Waals surface area contributed by atoms with Gasteiger partial charge in [0, 0.05) is 6.08 Å². The molecule has 2 aromatic carbocycles. The van der Waals surface area contributed by atoms with E-state index in [2.05, 4.69) is 12.2 Å². The third-order valence-corrected chi connectivity index (χ3v) is 5.10. The molecule has 5 nitrogen and oxygen atoms in total. The average molecular weight is 419 g/mol. The molecule has 6 heteroatoms. The van der Waals surface area contributed by atoms with E-state index >= 15 is 0 Å². The van der Waals surface area contributed by atoms with Crippen LogP contribution in [-0.4, -0.2) is 11.0 Å². The molecule has 1 fully saturated rings. The number of aryl methyl sites for hydroxylation is 2. The molecule has 30 heavy (non-hydrogen) atoms. The normalized spacial score (nSPS) is 15.0. The summed E-state index contributed by atoms with van der Waals surface area (Å²) in [6.45, 7) is 4.40. The SMILES string of the molecule is CCc1ccc(OCc2ccc(/C=C3/NC(=S)N(c4cccc(C)c4)C3=O)o2)cc1. The van der Waals surface area contributed by atoms with E-state index in [0.29, 0.717) is 28.9 Å². The van der Waals surface area contributed by atoms with Crippen LogP contribution in [0.25, 0.3) is 6.08 Å². The Kier molecular flexibility index (Phi) is 5.68. The van der Waals surface area contributed by atoms with Gasteiger partial charge in [0.25, 0.3) is 5.91 Å². The summed E-state index contributed by atoms with van der Waals surface area (Å²) in [4.78, 5) is 14.3. The molecule has 0 aliphatic carbocycles. The smallest absolute Gasteiger partial charge is 0.281 e. The maximum Gasteiger partial charge on any atom is 0.281 e. The van der Waals surface area contributed by atoms with Crippen LogP contribution in [0.2, 0.25) is 0 Å². The second-order valence-electron chi connectivity index (χ2n) is 7.06. The van der Waals surface area contributed by atoms with E-state index < -0.39 is 0 Å². The molecule has 0 radical (unpaired) electrons. The number of rotatable bonds is 6. The third kappa shape index (κ3) is 4.28. The number of hydrogen-bond acceptors (Lipinski definition) is 4. The van der Waals surface area contributed by atoms with E-state index in [-0.39, 0.29) is 5.91 Å². The molecule has 1 saturated heterocycles. The van der Waals surface area contributed by atoms with Crippen molar-refractivity contribution in [3.05, 3.63) is 89.0 Å². The molecule has 2 heterocycles. The summed E-state index contributed by atoms with van der Waals surface area (Å²) in [5.74, 6) is 1.80. The van der Waals surface area contributed by atoms with Crippen molar-refractivity contribution < 1.29 is 13.9 Å². The molecule has 0 atom stereocenters. The summed E-state index contributed by atoms with van der Waals surface area (Å²) >= 11 is 5.36. The largest absolute Gasteiger partial charge is 0.486 e. The summed E-state index contributed by atoms with van der Waals surface area (Å²) in [7, 11) is 0. The summed E-state index contributed by atoms with van der Waals surface area (Å²) < 4.78 is 11.6. The number of ether oxygens (including phenoxy) is 1. The van der Waals surface area contributed by atoms with E-state index in [1.807, 2.05) is 61.5 Å². The lowest BCUT2D eigenvalue weighted by molar-refractivity contribution is -0.113. The number of benzene rings is 2. The van der Waals surface area contributed by atoms with E-state index in [1.54, 1.807) is 12.1 Å². The Morgan fingerprint density at radius 1 is 1.13 bits per heavy atom. The predicted molar refractivity (Wildman–Crippen MR) is 121 cm³/mol. The Morgan fingerprint density at radius 2 is 1.93 bits per heavy atom. The first-order valence-corrected chi connectivity index (χ1v) is 10.2. The van der Waals surface area contributed by atoms with Crippen molar-refractivity contribution in [1.29, 1.82) is 0 Å². The quantitative estimate of drug-likeness (QED) is 0.451. The van der Waals surface area contributed by atoms with E-state index in [0.717, 1.165) is 23.4 Å². The molecule has 0 unspecified atom stereocenters.